The Morgan fingerprint density at radius 2 is 1.79 bits per heavy atom. The Balaban J connectivity index is 1.52. The van der Waals surface area contributed by atoms with Crippen molar-refractivity contribution in [3.05, 3.63) is 76.6 Å². The molecule has 1 atom stereocenters. The van der Waals surface area contributed by atoms with Crippen LogP contribution in [0.2, 0.25) is 0 Å². The number of hydrogen-bond acceptors (Lipinski definition) is 4. The zero-order valence-electron chi connectivity index (χ0n) is 19.7. The molecule has 5 nitrogen and oxygen atoms in total. The van der Waals surface area contributed by atoms with Crippen LogP contribution in [0.3, 0.4) is 0 Å². The van der Waals surface area contributed by atoms with Gasteiger partial charge in [0.05, 0.1) is 17.9 Å². The van der Waals surface area contributed by atoms with E-state index < -0.39 is 0 Å². The highest BCUT2D eigenvalue weighted by molar-refractivity contribution is 6.09. The van der Waals surface area contributed by atoms with Gasteiger partial charge in [0, 0.05) is 23.3 Å². The lowest BCUT2D eigenvalue weighted by Crippen LogP contribution is -2.28. The summed E-state index contributed by atoms with van der Waals surface area (Å²) in [6, 6.07) is 13.7. The molecule has 1 saturated carbocycles. The summed E-state index contributed by atoms with van der Waals surface area (Å²) in [6.07, 6.45) is 9.60. The maximum Gasteiger partial charge on any atom is 0.338 e. The number of hydrogen-bond donors (Lipinski definition) is 1. The number of rotatable bonds is 9. The van der Waals surface area contributed by atoms with Gasteiger partial charge >= 0.3 is 5.97 Å². The first-order chi connectivity index (χ1) is 16.0. The van der Waals surface area contributed by atoms with Crippen LogP contribution in [0.5, 0.6) is 0 Å². The molecule has 1 aromatic carbocycles. The Hall–Kier alpha value is -2.92. The lowest BCUT2D eigenvalue weighted by atomic mass is 9.93. The average molecular weight is 447 g/mol. The van der Waals surface area contributed by atoms with Gasteiger partial charge in [0.25, 0.3) is 0 Å². The first-order valence-electron chi connectivity index (χ1n) is 12.2. The monoisotopic (exact) mass is 446 g/mol. The molecule has 1 unspecified atom stereocenters. The maximum atomic E-state index is 13.4. The number of carbonyl (C=O) groups excluding carboxylic acids is 2. The van der Waals surface area contributed by atoms with E-state index in [0.717, 1.165) is 30.3 Å². The number of fused-ring (bicyclic) bond motifs is 1. The number of nitrogens with two attached hydrogens (primary N) is 1. The Morgan fingerprint density at radius 3 is 2.45 bits per heavy atom. The largest absolute Gasteiger partial charge is 0.462 e. The van der Waals surface area contributed by atoms with Crippen LogP contribution >= 0.6 is 0 Å². The highest BCUT2D eigenvalue weighted by Crippen LogP contribution is 2.29. The molecule has 3 aromatic rings. The number of pyridine rings is 1. The summed E-state index contributed by atoms with van der Waals surface area (Å²) < 4.78 is 6.98. The quantitative estimate of drug-likeness (QED) is 0.355. The SMILES string of the molecule is CCOC(=O)c1ccn2c(C(=O)c3ccc(CCC(N)C4CCCC4)cc3)c(CC)cc2c1. The molecule has 1 aliphatic carbocycles. The van der Waals surface area contributed by atoms with Gasteiger partial charge in [-0.2, -0.15) is 0 Å². The van der Waals surface area contributed by atoms with Crippen LogP contribution in [0.15, 0.2) is 48.7 Å². The Morgan fingerprint density at radius 1 is 1.06 bits per heavy atom. The number of carbonyl (C=O) groups is 2. The molecule has 0 radical (unpaired) electrons. The Kier molecular flexibility index (Phi) is 7.29. The van der Waals surface area contributed by atoms with Crippen molar-refractivity contribution in [1.29, 1.82) is 0 Å². The molecule has 2 heterocycles. The summed E-state index contributed by atoms with van der Waals surface area (Å²) >= 11 is 0. The first-order valence-corrected chi connectivity index (χ1v) is 12.2. The second kappa shape index (κ2) is 10.3. The Labute approximate surface area is 195 Å². The summed E-state index contributed by atoms with van der Waals surface area (Å²) in [7, 11) is 0. The minimum Gasteiger partial charge on any atom is -0.462 e. The molecular weight excluding hydrogens is 412 g/mol. The fraction of sp³-hybridized carbons (Fsp3) is 0.429. The van der Waals surface area contributed by atoms with E-state index in [1.807, 2.05) is 29.5 Å². The molecule has 4 rings (SSSR count). The summed E-state index contributed by atoms with van der Waals surface area (Å²) in [5, 5.41) is 0. The van der Waals surface area contributed by atoms with Gasteiger partial charge < -0.3 is 14.9 Å². The van der Waals surface area contributed by atoms with Crippen molar-refractivity contribution in [2.75, 3.05) is 6.61 Å². The van der Waals surface area contributed by atoms with Gasteiger partial charge in [-0.05, 0) is 74.3 Å². The number of nitrogens with zero attached hydrogens (tertiary/aromatic N) is 1. The number of benzene rings is 1. The van der Waals surface area contributed by atoms with Gasteiger partial charge in [0.2, 0.25) is 5.78 Å². The van der Waals surface area contributed by atoms with Gasteiger partial charge in [-0.25, -0.2) is 4.79 Å². The van der Waals surface area contributed by atoms with Crippen molar-refractivity contribution in [2.45, 2.75) is 64.8 Å². The minimum absolute atomic E-state index is 0.00931. The predicted molar refractivity (Wildman–Crippen MR) is 131 cm³/mol. The molecule has 2 aromatic heterocycles. The number of aromatic nitrogens is 1. The predicted octanol–water partition coefficient (Wildman–Crippen LogP) is 5.36. The molecule has 33 heavy (non-hydrogen) atoms. The van der Waals surface area contributed by atoms with E-state index in [9.17, 15) is 9.59 Å². The number of ketones is 1. The summed E-state index contributed by atoms with van der Waals surface area (Å²) in [6.45, 7) is 4.15. The lowest BCUT2D eigenvalue weighted by molar-refractivity contribution is 0.0526. The molecule has 1 aliphatic rings. The van der Waals surface area contributed by atoms with Crippen LogP contribution in [0.4, 0.5) is 0 Å². The molecule has 1 fully saturated rings. The van der Waals surface area contributed by atoms with Crippen molar-refractivity contribution in [3.63, 3.8) is 0 Å². The van der Waals surface area contributed by atoms with Gasteiger partial charge in [0.15, 0.2) is 0 Å². The maximum absolute atomic E-state index is 13.4. The van der Waals surface area contributed by atoms with Crippen molar-refractivity contribution in [1.82, 2.24) is 4.40 Å². The van der Waals surface area contributed by atoms with Crippen LogP contribution in [0.1, 0.15) is 83.5 Å². The fourth-order valence-corrected chi connectivity index (χ4v) is 5.01. The van der Waals surface area contributed by atoms with E-state index in [0.29, 0.717) is 29.3 Å². The van der Waals surface area contributed by atoms with Crippen molar-refractivity contribution >= 4 is 17.3 Å². The molecule has 0 saturated heterocycles. The second-order valence-corrected chi connectivity index (χ2v) is 9.08. The van der Waals surface area contributed by atoms with Crippen molar-refractivity contribution in [2.24, 2.45) is 11.7 Å². The molecule has 174 valence electrons. The van der Waals surface area contributed by atoms with Crippen LogP contribution < -0.4 is 5.73 Å². The van der Waals surface area contributed by atoms with Crippen LogP contribution in [0.25, 0.3) is 5.52 Å². The highest BCUT2D eigenvalue weighted by atomic mass is 16.5. The topological polar surface area (TPSA) is 73.8 Å². The smallest absolute Gasteiger partial charge is 0.338 e. The summed E-state index contributed by atoms with van der Waals surface area (Å²) in [4.78, 5) is 25.5. The number of aryl methyl sites for hydroxylation is 2. The van der Waals surface area contributed by atoms with E-state index in [2.05, 4.69) is 12.1 Å². The van der Waals surface area contributed by atoms with E-state index >= 15 is 0 Å². The van der Waals surface area contributed by atoms with E-state index in [-0.39, 0.29) is 17.8 Å². The molecular formula is C28H34N2O3. The zero-order chi connectivity index (χ0) is 23.4. The first kappa shape index (κ1) is 23.2. The third kappa shape index (κ3) is 5.03. The van der Waals surface area contributed by atoms with E-state index in [4.69, 9.17) is 10.5 Å². The van der Waals surface area contributed by atoms with Gasteiger partial charge in [-0.1, -0.05) is 44.0 Å². The Bertz CT molecular complexity index is 1120. The molecule has 0 amide bonds. The average Bonchev–Trinajstić information content (AvgIpc) is 3.50. The lowest BCUT2D eigenvalue weighted by Gasteiger charge is -2.18. The van der Waals surface area contributed by atoms with E-state index in [1.54, 1.807) is 25.3 Å². The molecule has 0 bridgehead atoms. The summed E-state index contributed by atoms with van der Waals surface area (Å²) in [5.74, 6) is 0.311. The normalized spacial score (nSPS) is 15.1. The van der Waals surface area contributed by atoms with Gasteiger partial charge in [0.1, 0.15) is 0 Å². The molecule has 0 aliphatic heterocycles. The second-order valence-electron chi connectivity index (χ2n) is 9.08. The van der Waals surface area contributed by atoms with Crippen LogP contribution in [0, 0.1) is 5.92 Å². The molecule has 2 N–H and O–H groups in total. The van der Waals surface area contributed by atoms with Crippen molar-refractivity contribution < 1.29 is 14.3 Å². The number of esters is 1. The third-order valence-corrected chi connectivity index (χ3v) is 6.95. The van der Waals surface area contributed by atoms with Gasteiger partial charge in [-0.15, -0.1) is 0 Å². The van der Waals surface area contributed by atoms with Gasteiger partial charge in [-0.3, -0.25) is 4.79 Å². The van der Waals surface area contributed by atoms with E-state index in [1.165, 1.54) is 31.2 Å². The fourth-order valence-electron chi connectivity index (χ4n) is 5.01. The third-order valence-electron chi connectivity index (χ3n) is 6.95. The highest BCUT2D eigenvalue weighted by Gasteiger charge is 2.22. The molecule has 5 heteroatoms. The van der Waals surface area contributed by atoms with Crippen LogP contribution in [-0.4, -0.2) is 28.8 Å². The number of ether oxygens (including phenoxy) is 1. The van der Waals surface area contributed by atoms with Crippen LogP contribution in [-0.2, 0) is 17.6 Å². The minimum atomic E-state index is -0.352. The van der Waals surface area contributed by atoms with Crippen molar-refractivity contribution in [3.8, 4) is 0 Å². The molecule has 0 spiro atoms. The standard InChI is InChI=1S/C28H34N2O3/c1-3-20-17-24-18-23(28(32)33-4-2)15-16-30(24)26(20)27(31)22-12-9-19(10-13-22)11-14-25(29)21-7-5-6-8-21/h9-10,12-13,15-18,21,25H,3-8,11,14,29H2,1-2H3. The summed E-state index contributed by atoms with van der Waals surface area (Å²) in [5.41, 5.74) is 11.2. The zero-order valence-corrected chi connectivity index (χ0v) is 19.7.